The monoisotopic (exact) mass is 322 g/mol. The first-order valence-electron chi connectivity index (χ1n) is 5.28. The molecule has 17 heavy (non-hydrogen) atoms. The number of carbonyl (C=O) groups is 1. The molecule has 0 saturated carbocycles. The van der Waals surface area contributed by atoms with E-state index in [9.17, 15) is 14.3 Å². The Morgan fingerprint density at radius 1 is 1.47 bits per heavy atom. The Balaban J connectivity index is 3.27. The van der Waals surface area contributed by atoms with Crippen LogP contribution in [0.2, 0.25) is 5.02 Å². The molecule has 0 amide bonds. The van der Waals surface area contributed by atoms with Gasteiger partial charge in [0.2, 0.25) is 0 Å². The third-order valence-electron chi connectivity index (χ3n) is 2.87. The molecule has 1 N–H and O–H groups in total. The molecule has 0 heterocycles. The van der Waals surface area contributed by atoms with Crippen LogP contribution < -0.4 is 0 Å². The number of carbonyl (C=O) groups excluding carboxylic acids is 1. The predicted molar refractivity (Wildman–Crippen MR) is 69.0 cm³/mol. The van der Waals surface area contributed by atoms with Crippen LogP contribution in [0.25, 0.3) is 0 Å². The van der Waals surface area contributed by atoms with Crippen LogP contribution in [0, 0.1) is 5.82 Å². The van der Waals surface area contributed by atoms with Gasteiger partial charge in [0.25, 0.3) is 0 Å². The number of hydrogen-bond donors (Lipinski definition) is 1. The lowest BCUT2D eigenvalue weighted by molar-refractivity contribution is 0.0273. The van der Waals surface area contributed by atoms with Gasteiger partial charge < -0.3 is 5.11 Å². The minimum atomic E-state index is -1.53. The molecule has 0 saturated heterocycles. The van der Waals surface area contributed by atoms with Gasteiger partial charge in [-0.1, -0.05) is 25.4 Å². The lowest BCUT2D eigenvalue weighted by Gasteiger charge is -2.23. The van der Waals surface area contributed by atoms with E-state index in [-0.39, 0.29) is 23.4 Å². The number of halogens is 3. The summed E-state index contributed by atoms with van der Waals surface area (Å²) in [5.74, 6) is -1.43. The second-order valence-corrected chi connectivity index (χ2v) is 5.02. The van der Waals surface area contributed by atoms with E-state index in [1.807, 2.05) is 0 Å². The standard InChI is InChI=1S/C12H13BrClFO2/c1-3-12(17,4-2)11(16)7-5-6-8(13)9(14)10(7)15/h5-6,17H,3-4H2,1-2H3. The van der Waals surface area contributed by atoms with E-state index < -0.39 is 17.2 Å². The minimum Gasteiger partial charge on any atom is -0.382 e. The highest BCUT2D eigenvalue weighted by molar-refractivity contribution is 9.10. The molecular weight excluding hydrogens is 310 g/mol. The molecule has 1 aromatic carbocycles. The average Bonchev–Trinajstić information content (AvgIpc) is 2.34. The second kappa shape index (κ2) is 5.46. The summed E-state index contributed by atoms with van der Waals surface area (Å²) in [5.41, 5.74) is -1.71. The van der Waals surface area contributed by atoms with Crippen molar-refractivity contribution in [1.29, 1.82) is 0 Å². The number of aliphatic hydroxyl groups is 1. The summed E-state index contributed by atoms with van der Waals surface area (Å²) in [6, 6.07) is 2.81. The van der Waals surface area contributed by atoms with Crippen molar-refractivity contribution < 1.29 is 14.3 Å². The van der Waals surface area contributed by atoms with Gasteiger partial charge in [0, 0.05) is 4.47 Å². The summed E-state index contributed by atoms with van der Waals surface area (Å²) in [6.45, 7) is 3.36. The smallest absolute Gasteiger partial charge is 0.197 e. The SMILES string of the molecule is CCC(O)(CC)C(=O)c1ccc(Br)c(Cl)c1F. The number of benzene rings is 1. The first-order valence-corrected chi connectivity index (χ1v) is 6.45. The van der Waals surface area contributed by atoms with Gasteiger partial charge in [-0.2, -0.15) is 0 Å². The Labute approximate surface area is 113 Å². The minimum absolute atomic E-state index is 0.148. The Hall–Kier alpha value is -0.450. The van der Waals surface area contributed by atoms with Crippen molar-refractivity contribution in [2.75, 3.05) is 0 Å². The third kappa shape index (κ3) is 2.69. The zero-order chi connectivity index (χ0) is 13.2. The highest BCUT2D eigenvalue weighted by Gasteiger charge is 2.34. The quantitative estimate of drug-likeness (QED) is 0.672. The predicted octanol–water partition coefficient (Wildman–Crippen LogP) is 3.98. The Morgan fingerprint density at radius 2 is 2.00 bits per heavy atom. The van der Waals surface area contributed by atoms with Crippen LogP contribution in [-0.2, 0) is 0 Å². The number of hydrogen-bond acceptors (Lipinski definition) is 2. The van der Waals surface area contributed by atoms with Gasteiger partial charge in [0.15, 0.2) is 11.6 Å². The molecule has 2 nitrogen and oxygen atoms in total. The van der Waals surface area contributed by atoms with Crippen LogP contribution in [0.1, 0.15) is 37.0 Å². The molecule has 0 radical (unpaired) electrons. The topological polar surface area (TPSA) is 37.3 Å². The van der Waals surface area contributed by atoms with Gasteiger partial charge in [0.05, 0.1) is 10.6 Å². The molecule has 5 heteroatoms. The largest absolute Gasteiger partial charge is 0.382 e. The van der Waals surface area contributed by atoms with Crippen LogP contribution in [0.5, 0.6) is 0 Å². The van der Waals surface area contributed by atoms with Gasteiger partial charge in [-0.05, 0) is 40.9 Å². The zero-order valence-electron chi connectivity index (χ0n) is 9.56. The highest BCUT2D eigenvalue weighted by atomic mass is 79.9. The number of Topliss-reactive ketones (excluding diaryl/α,β-unsaturated/α-hetero) is 1. The van der Waals surface area contributed by atoms with E-state index in [2.05, 4.69) is 15.9 Å². The summed E-state index contributed by atoms with van der Waals surface area (Å²) in [6.07, 6.45) is 0.463. The van der Waals surface area contributed by atoms with E-state index >= 15 is 0 Å². The van der Waals surface area contributed by atoms with E-state index in [4.69, 9.17) is 11.6 Å². The molecule has 0 unspecified atom stereocenters. The molecule has 0 atom stereocenters. The number of rotatable bonds is 4. The summed E-state index contributed by atoms with van der Waals surface area (Å²) >= 11 is 8.78. The molecule has 0 spiro atoms. The maximum absolute atomic E-state index is 13.8. The first-order chi connectivity index (χ1) is 7.87. The lowest BCUT2D eigenvalue weighted by atomic mass is 9.88. The van der Waals surface area contributed by atoms with Crippen LogP contribution >= 0.6 is 27.5 Å². The Bertz CT molecular complexity index is 444. The second-order valence-electron chi connectivity index (χ2n) is 3.79. The molecule has 0 fully saturated rings. The van der Waals surface area contributed by atoms with E-state index in [1.54, 1.807) is 13.8 Å². The van der Waals surface area contributed by atoms with Gasteiger partial charge in [-0.15, -0.1) is 0 Å². The molecule has 0 aromatic heterocycles. The van der Waals surface area contributed by atoms with Crippen LogP contribution in [-0.4, -0.2) is 16.5 Å². The van der Waals surface area contributed by atoms with E-state index in [0.29, 0.717) is 4.47 Å². The van der Waals surface area contributed by atoms with Gasteiger partial charge >= 0.3 is 0 Å². The molecule has 0 bridgehead atoms. The fourth-order valence-electron chi connectivity index (χ4n) is 1.52. The van der Waals surface area contributed by atoms with Crippen molar-refractivity contribution in [3.05, 3.63) is 33.0 Å². The molecule has 94 valence electrons. The molecule has 1 rings (SSSR count). The molecule has 0 aliphatic carbocycles. The summed E-state index contributed by atoms with van der Waals surface area (Å²) in [5, 5.41) is 9.92. The fourth-order valence-corrected chi connectivity index (χ4v) is 1.99. The average molecular weight is 324 g/mol. The van der Waals surface area contributed by atoms with Gasteiger partial charge in [0.1, 0.15) is 5.60 Å². The normalized spacial score (nSPS) is 11.6. The van der Waals surface area contributed by atoms with Gasteiger partial charge in [-0.25, -0.2) is 4.39 Å². The maximum Gasteiger partial charge on any atom is 0.197 e. The van der Waals surface area contributed by atoms with Crippen molar-refractivity contribution >= 4 is 33.3 Å². The van der Waals surface area contributed by atoms with Crippen molar-refractivity contribution in [1.82, 2.24) is 0 Å². The van der Waals surface area contributed by atoms with Crippen molar-refractivity contribution in [3.63, 3.8) is 0 Å². The van der Waals surface area contributed by atoms with Crippen molar-refractivity contribution in [2.24, 2.45) is 0 Å². The third-order valence-corrected chi connectivity index (χ3v) is 4.13. The van der Waals surface area contributed by atoms with Crippen LogP contribution in [0.4, 0.5) is 4.39 Å². The van der Waals surface area contributed by atoms with Crippen LogP contribution in [0.3, 0.4) is 0 Å². The molecule has 0 aliphatic rings. The zero-order valence-corrected chi connectivity index (χ0v) is 11.9. The maximum atomic E-state index is 13.8. The van der Waals surface area contributed by atoms with E-state index in [0.717, 1.165) is 0 Å². The van der Waals surface area contributed by atoms with Crippen LogP contribution in [0.15, 0.2) is 16.6 Å². The van der Waals surface area contributed by atoms with E-state index in [1.165, 1.54) is 12.1 Å². The van der Waals surface area contributed by atoms with Gasteiger partial charge in [-0.3, -0.25) is 4.79 Å². The Morgan fingerprint density at radius 3 is 2.47 bits per heavy atom. The summed E-state index contributed by atoms with van der Waals surface area (Å²) in [7, 11) is 0. The fraction of sp³-hybridized carbons (Fsp3) is 0.417. The summed E-state index contributed by atoms with van der Waals surface area (Å²) in [4.78, 5) is 12.0. The molecular formula is C12H13BrClFO2. The van der Waals surface area contributed by atoms with Crippen molar-refractivity contribution in [2.45, 2.75) is 32.3 Å². The Kier molecular flexibility index (Phi) is 4.69. The molecule has 0 aliphatic heterocycles. The summed E-state index contributed by atoms with van der Waals surface area (Å²) < 4.78 is 14.2. The molecule has 1 aromatic rings. The lowest BCUT2D eigenvalue weighted by Crippen LogP contribution is -2.37. The number of ketones is 1. The van der Waals surface area contributed by atoms with Crippen molar-refractivity contribution in [3.8, 4) is 0 Å². The highest BCUT2D eigenvalue weighted by Crippen LogP contribution is 2.30. The first kappa shape index (κ1) is 14.6.